The van der Waals surface area contributed by atoms with Crippen molar-refractivity contribution >= 4 is 21.6 Å². The Morgan fingerprint density at radius 2 is 1.81 bits per heavy atom. The van der Waals surface area contributed by atoms with Crippen LogP contribution >= 0.6 is 11.6 Å². The van der Waals surface area contributed by atoms with Crippen LogP contribution in [0, 0.1) is 6.92 Å². The van der Waals surface area contributed by atoms with Crippen molar-refractivity contribution < 1.29 is 13.2 Å². The second kappa shape index (κ2) is 6.47. The smallest absolute Gasteiger partial charge is 0.240 e. The van der Waals surface area contributed by atoms with E-state index in [2.05, 4.69) is 4.72 Å². The van der Waals surface area contributed by atoms with Gasteiger partial charge in [0, 0.05) is 11.6 Å². The number of ether oxygens (including phenoxy) is 1. The maximum absolute atomic E-state index is 12.1. The molecule has 0 radical (unpaired) electrons. The van der Waals surface area contributed by atoms with Gasteiger partial charge in [0.05, 0.1) is 12.0 Å². The molecule has 0 bridgehead atoms. The van der Waals surface area contributed by atoms with Gasteiger partial charge in [0.2, 0.25) is 10.0 Å². The number of halogens is 1. The molecule has 0 atom stereocenters. The first-order valence-corrected chi connectivity index (χ1v) is 8.17. The molecule has 0 aromatic heterocycles. The monoisotopic (exact) mass is 325 g/mol. The van der Waals surface area contributed by atoms with E-state index in [0.29, 0.717) is 5.02 Å². The summed E-state index contributed by atoms with van der Waals surface area (Å²) < 4.78 is 32.0. The fourth-order valence-electron chi connectivity index (χ4n) is 1.93. The van der Waals surface area contributed by atoms with Gasteiger partial charge in [0.25, 0.3) is 0 Å². The number of hydrogen-bond acceptors (Lipinski definition) is 3. The van der Waals surface area contributed by atoms with Gasteiger partial charge in [-0.1, -0.05) is 23.7 Å². The Morgan fingerprint density at radius 1 is 1.14 bits per heavy atom. The molecular formula is C15H16ClNO3S. The minimum Gasteiger partial charge on any atom is -0.496 e. The molecule has 0 fully saturated rings. The quantitative estimate of drug-likeness (QED) is 0.918. The lowest BCUT2D eigenvalue weighted by Crippen LogP contribution is -2.23. The van der Waals surface area contributed by atoms with Crippen LogP contribution in [0.3, 0.4) is 0 Å². The number of nitrogens with one attached hydrogen (secondary N) is 1. The zero-order valence-corrected chi connectivity index (χ0v) is 13.3. The molecule has 112 valence electrons. The third-order valence-corrected chi connectivity index (χ3v) is 4.72. The van der Waals surface area contributed by atoms with E-state index in [0.717, 1.165) is 16.9 Å². The van der Waals surface area contributed by atoms with E-state index in [1.165, 1.54) is 12.1 Å². The van der Waals surface area contributed by atoms with Gasteiger partial charge in [-0.15, -0.1) is 0 Å². The molecule has 2 aromatic carbocycles. The molecule has 0 saturated heterocycles. The number of sulfonamides is 1. The Labute approximate surface area is 129 Å². The molecule has 0 aliphatic rings. The van der Waals surface area contributed by atoms with E-state index in [1.807, 2.05) is 25.1 Å². The Kier molecular flexibility index (Phi) is 4.88. The van der Waals surface area contributed by atoms with Crippen LogP contribution in [-0.2, 0) is 16.6 Å². The number of benzene rings is 2. The highest BCUT2D eigenvalue weighted by molar-refractivity contribution is 7.89. The highest BCUT2D eigenvalue weighted by Gasteiger charge is 2.13. The summed E-state index contributed by atoms with van der Waals surface area (Å²) in [4.78, 5) is 0.192. The predicted octanol–water partition coefficient (Wildman–Crippen LogP) is 3.14. The summed E-state index contributed by atoms with van der Waals surface area (Å²) >= 11 is 5.75. The van der Waals surface area contributed by atoms with Gasteiger partial charge in [0.1, 0.15) is 5.75 Å². The van der Waals surface area contributed by atoms with Gasteiger partial charge in [0.15, 0.2) is 0 Å². The highest BCUT2D eigenvalue weighted by atomic mass is 35.5. The maximum atomic E-state index is 12.1. The van der Waals surface area contributed by atoms with Crippen LogP contribution in [0.25, 0.3) is 0 Å². The second-order valence-electron chi connectivity index (χ2n) is 4.58. The first-order valence-electron chi connectivity index (χ1n) is 6.31. The molecular weight excluding hydrogens is 310 g/mol. The average Bonchev–Trinajstić information content (AvgIpc) is 2.46. The van der Waals surface area contributed by atoms with Gasteiger partial charge >= 0.3 is 0 Å². The normalized spacial score (nSPS) is 11.4. The SMILES string of the molecule is COc1ccc(CNS(=O)(=O)c2ccc(Cl)cc2)cc1C. The summed E-state index contributed by atoms with van der Waals surface area (Å²) in [5, 5.41) is 0.500. The fourth-order valence-corrected chi connectivity index (χ4v) is 3.07. The fraction of sp³-hybridized carbons (Fsp3) is 0.200. The van der Waals surface area contributed by atoms with Crippen molar-refractivity contribution in [3.05, 3.63) is 58.6 Å². The van der Waals surface area contributed by atoms with Crippen molar-refractivity contribution in [1.29, 1.82) is 0 Å². The topological polar surface area (TPSA) is 55.4 Å². The van der Waals surface area contributed by atoms with Crippen LogP contribution in [0.4, 0.5) is 0 Å². The summed E-state index contributed by atoms with van der Waals surface area (Å²) in [7, 11) is -1.94. The van der Waals surface area contributed by atoms with Gasteiger partial charge in [-0.2, -0.15) is 0 Å². The van der Waals surface area contributed by atoms with E-state index < -0.39 is 10.0 Å². The molecule has 0 spiro atoms. The molecule has 2 rings (SSSR count). The highest BCUT2D eigenvalue weighted by Crippen LogP contribution is 2.19. The summed E-state index contributed by atoms with van der Waals surface area (Å²) in [6, 6.07) is 11.6. The summed E-state index contributed by atoms with van der Waals surface area (Å²) in [6.07, 6.45) is 0. The standard InChI is InChI=1S/C15H16ClNO3S/c1-11-9-12(3-8-15(11)20-2)10-17-21(18,19)14-6-4-13(16)5-7-14/h3-9,17H,10H2,1-2H3. The lowest BCUT2D eigenvalue weighted by atomic mass is 10.1. The predicted molar refractivity (Wildman–Crippen MR) is 83.2 cm³/mol. The molecule has 0 heterocycles. The van der Waals surface area contributed by atoms with Crippen molar-refractivity contribution in [2.45, 2.75) is 18.4 Å². The number of rotatable bonds is 5. The molecule has 1 N–H and O–H groups in total. The molecule has 0 aliphatic carbocycles. The van der Waals surface area contributed by atoms with Crippen LogP contribution in [-0.4, -0.2) is 15.5 Å². The van der Waals surface area contributed by atoms with E-state index in [4.69, 9.17) is 16.3 Å². The zero-order valence-electron chi connectivity index (χ0n) is 11.8. The molecule has 0 unspecified atom stereocenters. The molecule has 4 nitrogen and oxygen atoms in total. The van der Waals surface area contributed by atoms with E-state index in [-0.39, 0.29) is 11.4 Å². The van der Waals surface area contributed by atoms with Crippen LogP contribution in [0.1, 0.15) is 11.1 Å². The summed E-state index contributed by atoms with van der Waals surface area (Å²) in [5.41, 5.74) is 1.83. The Balaban J connectivity index is 2.11. The largest absolute Gasteiger partial charge is 0.496 e. The summed E-state index contributed by atoms with van der Waals surface area (Å²) in [5.74, 6) is 0.777. The lowest BCUT2D eigenvalue weighted by Gasteiger charge is -2.09. The maximum Gasteiger partial charge on any atom is 0.240 e. The van der Waals surface area contributed by atoms with Gasteiger partial charge in [-0.05, 0) is 48.4 Å². The first-order chi connectivity index (χ1) is 9.92. The zero-order chi connectivity index (χ0) is 15.5. The minimum absolute atomic E-state index is 0.192. The molecule has 6 heteroatoms. The van der Waals surface area contributed by atoms with E-state index >= 15 is 0 Å². The van der Waals surface area contributed by atoms with Crippen LogP contribution in [0.5, 0.6) is 5.75 Å². The molecule has 2 aromatic rings. The molecule has 21 heavy (non-hydrogen) atoms. The molecule has 0 aliphatic heterocycles. The third-order valence-electron chi connectivity index (χ3n) is 3.05. The van der Waals surface area contributed by atoms with Crippen molar-refractivity contribution in [3.63, 3.8) is 0 Å². The number of aryl methyl sites for hydroxylation is 1. The van der Waals surface area contributed by atoms with Gasteiger partial charge in [-0.3, -0.25) is 0 Å². The Hall–Kier alpha value is -1.56. The van der Waals surface area contributed by atoms with Crippen molar-refractivity contribution in [3.8, 4) is 5.75 Å². The summed E-state index contributed by atoms with van der Waals surface area (Å²) in [6.45, 7) is 2.13. The van der Waals surface area contributed by atoms with Crippen molar-refractivity contribution in [1.82, 2.24) is 4.72 Å². The lowest BCUT2D eigenvalue weighted by molar-refractivity contribution is 0.411. The average molecular weight is 326 g/mol. The number of methoxy groups -OCH3 is 1. The van der Waals surface area contributed by atoms with Gasteiger partial charge < -0.3 is 4.74 Å². The van der Waals surface area contributed by atoms with Crippen molar-refractivity contribution in [2.24, 2.45) is 0 Å². The molecule has 0 amide bonds. The van der Waals surface area contributed by atoms with Crippen LogP contribution < -0.4 is 9.46 Å². The van der Waals surface area contributed by atoms with Gasteiger partial charge in [-0.25, -0.2) is 13.1 Å². The third kappa shape index (κ3) is 3.97. The Morgan fingerprint density at radius 3 is 2.38 bits per heavy atom. The van der Waals surface area contributed by atoms with Crippen LogP contribution in [0.15, 0.2) is 47.4 Å². The van der Waals surface area contributed by atoms with E-state index in [1.54, 1.807) is 19.2 Å². The molecule has 0 saturated carbocycles. The second-order valence-corrected chi connectivity index (χ2v) is 6.79. The number of hydrogen-bond donors (Lipinski definition) is 1. The first kappa shape index (κ1) is 15.8. The minimum atomic E-state index is -3.54. The van der Waals surface area contributed by atoms with E-state index in [9.17, 15) is 8.42 Å². The van der Waals surface area contributed by atoms with Crippen LogP contribution in [0.2, 0.25) is 5.02 Å². The van der Waals surface area contributed by atoms with Crippen molar-refractivity contribution in [2.75, 3.05) is 7.11 Å². The Bertz CT molecular complexity index is 727.